The maximum absolute atomic E-state index is 10.3. The smallest absolute Gasteiger partial charge is 0.127 e. The number of pyridine rings is 1. The van der Waals surface area contributed by atoms with Gasteiger partial charge in [-0.25, -0.2) is 4.98 Å². The van der Waals surface area contributed by atoms with E-state index in [0.717, 1.165) is 38.5 Å². The van der Waals surface area contributed by atoms with Crippen LogP contribution in [0.2, 0.25) is 0 Å². The maximum atomic E-state index is 10.3. The quantitative estimate of drug-likeness (QED) is 0.888. The Hall–Kier alpha value is -1.17. The zero-order valence-electron chi connectivity index (χ0n) is 13.1. The van der Waals surface area contributed by atoms with Gasteiger partial charge in [-0.3, -0.25) is 9.80 Å². The standard InChI is InChI=1S/C16H26N4O/c1-18(2)16-6-5-13(9-17-16)10-19-11-14(15(21)12-19)20-7-3-4-8-20/h5-6,9,14-15,21H,3-4,7-8,10-12H2,1-2H3/t14-,15-/m0/s1. The zero-order chi connectivity index (χ0) is 14.8. The third-order valence-electron chi connectivity index (χ3n) is 4.62. The van der Waals surface area contributed by atoms with Crippen molar-refractivity contribution in [2.75, 3.05) is 45.2 Å². The monoisotopic (exact) mass is 290 g/mol. The molecule has 0 amide bonds. The number of likely N-dealkylation sites (tertiary alicyclic amines) is 2. The molecule has 0 aliphatic carbocycles. The Morgan fingerprint density at radius 2 is 2.00 bits per heavy atom. The summed E-state index contributed by atoms with van der Waals surface area (Å²) in [5, 5.41) is 10.3. The van der Waals surface area contributed by atoms with Crippen molar-refractivity contribution in [2.24, 2.45) is 0 Å². The molecule has 0 radical (unpaired) electrons. The molecule has 0 spiro atoms. The van der Waals surface area contributed by atoms with Crippen LogP contribution in [-0.4, -0.2) is 72.3 Å². The lowest BCUT2D eigenvalue weighted by atomic mass is 10.2. The summed E-state index contributed by atoms with van der Waals surface area (Å²) < 4.78 is 0. The Bertz CT molecular complexity index is 456. The average molecular weight is 290 g/mol. The van der Waals surface area contributed by atoms with E-state index in [1.165, 1.54) is 18.4 Å². The van der Waals surface area contributed by atoms with E-state index in [1.807, 2.05) is 25.2 Å². The van der Waals surface area contributed by atoms with Gasteiger partial charge in [0.25, 0.3) is 0 Å². The highest BCUT2D eigenvalue weighted by Gasteiger charge is 2.36. The summed E-state index contributed by atoms with van der Waals surface area (Å²) in [6.45, 7) is 4.92. The summed E-state index contributed by atoms with van der Waals surface area (Å²) in [5.41, 5.74) is 1.22. The van der Waals surface area contributed by atoms with Crippen LogP contribution < -0.4 is 4.90 Å². The molecule has 3 heterocycles. The fraction of sp³-hybridized carbons (Fsp3) is 0.688. The van der Waals surface area contributed by atoms with Crippen LogP contribution in [0.5, 0.6) is 0 Å². The molecule has 0 saturated carbocycles. The summed E-state index contributed by atoms with van der Waals surface area (Å²) in [4.78, 5) is 11.3. The lowest BCUT2D eigenvalue weighted by molar-refractivity contribution is 0.0978. The van der Waals surface area contributed by atoms with Crippen LogP contribution in [-0.2, 0) is 6.54 Å². The highest BCUT2D eigenvalue weighted by atomic mass is 16.3. The summed E-state index contributed by atoms with van der Waals surface area (Å²) in [7, 11) is 4.00. The van der Waals surface area contributed by atoms with Crippen LogP contribution in [0.3, 0.4) is 0 Å². The van der Waals surface area contributed by atoms with Crippen molar-refractivity contribution >= 4 is 5.82 Å². The van der Waals surface area contributed by atoms with Gasteiger partial charge in [-0.2, -0.15) is 0 Å². The molecule has 3 rings (SSSR count). The Kier molecular flexibility index (Phi) is 4.42. The highest BCUT2D eigenvalue weighted by molar-refractivity contribution is 5.37. The van der Waals surface area contributed by atoms with Gasteiger partial charge in [0.15, 0.2) is 0 Å². The number of β-amino-alcohol motifs (C(OH)–C–C–N with tert-alkyl or cyclic N) is 1. The van der Waals surface area contributed by atoms with Gasteiger partial charge in [0.1, 0.15) is 5.82 Å². The van der Waals surface area contributed by atoms with Gasteiger partial charge in [-0.05, 0) is 37.6 Å². The number of anilines is 1. The molecule has 2 aliphatic heterocycles. The number of aliphatic hydroxyl groups excluding tert-OH is 1. The topological polar surface area (TPSA) is 42.8 Å². The first-order valence-electron chi connectivity index (χ1n) is 7.90. The number of hydrogen-bond donors (Lipinski definition) is 1. The lowest BCUT2D eigenvalue weighted by Gasteiger charge is -2.25. The molecule has 2 aliphatic rings. The molecule has 2 atom stereocenters. The van der Waals surface area contributed by atoms with Gasteiger partial charge in [-0.1, -0.05) is 6.07 Å². The van der Waals surface area contributed by atoms with Gasteiger partial charge in [0.05, 0.1) is 6.10 Å². The van der Waals surface area contributed by atoms with Gasteiger partial charge in [0.2, 0.25) is 0 Å². The second-order valence-corrected chi connectivity index (χ2v) is 6.49. The molecule has 0 unspecified atom stereocenters. The first kappa shape index (κ1) is 14.8. The van der Waals surface area contributed by atoms with Gasteiger partial charge in [-0.15, -0.1) is 0 Å². The van der Waals surface area contributed by atoms with E-state index in [2.05, 4.69) is 26.9 Å². The molecule has 0 aromatic carbocycles. The predicted molar refractivity (Wildman–Crippen MR) is 84.4 cm³/mol. The van der Waals surface area contributed by atoms with Crippen LogP contribution in [0, 0.1) is 0 Å². The maximum Gasteiger partial charge on any atom is 0.127 e. The zero-order valence-corrected chi connectivity index (χ0v) is 13.1. The van der Waals surface area contributed by atoms with Crippen LogP contribution in [0.1, 0.15) is 18.4 Å². The number of aliphatic hydroxyl groups is 1. The van der Waals surface area contributed by atoms with Crippen molar-refractivity contribution in [3.63, 3.8) is 0 Å². The van der Waals surface area contributed by atoms with Gasteiger partial charge < -0.3 is 10.0 Å². The second-order valence-electron chi connectivity index (χ2n) is 6.49. The summed E-state index contributed by atoms with van der Waals surface area (Å²) >= 11 is 0. The van der Waals surface area contributed by atoms with E-state index in [-0.39, 0.29) is 6.10 Å². The molecule has 1 N–H and O–H groups in total. The molecular weight excluding hydrogens is 264 g/mol. The minimum atomic E-state index is -0.211. The number of nitrogens with zero attached hydrogens (tertiary/aromatic N) is 4. The number of rotatable bonds is 4. The number of aromatic nitrogens is 1. The summed E-state index contributed by atoms with van der Waals surface area (Å²) in [5.74, 6) is 0.982. The SMILES string of the molecule is CN(C)c1ccc(CN2C[C@H](O)[C@@H](N3CCCC3)C2)cn1. The average Bonchev–Trinajstić information content (AvgIpc) is 3.09. The van der Waals surface area contributed by atoms with Crippen molar-refractivity contribution in [2.45, 2.75) is 31.5 Å². The molecule has 5 nitrogen and oxygen atoms in total. The normalized spacial score (nSPS) is 27.4. The van der Waals surface area contributed by atoms with E-state index in [4.69, 9.17) is 0 Å². The molecule has 1 aromatic heterocycles. The first-order valence-corrected chi connectivity index (χ1v) is 7.90. The van der Waals surface area contributed by atoms with E-state index in [9.17, 15) is 5.11 Å². The van der Waals surface area contributed by atoms with Crippen LogP contribution in [0.25, 0.3) is 0 Å². The Morgan fingerprint density at radius 3 is 2.62 bits per heavy atom. The third kappa shape index (κ3) is 3.36. The van der Waals surface area contributed by atoms with Crippen LogP contribution in [0.4, 0.5) is 5.82 Å². The molecule has 1 aromatic rings. The molecule has 5 heteroatoms. The second kappa shape index (κ2) is 6.30. The van der Waals surface area contributed by atoms with E-state index in [1.54, 1.807) is 0 Å². The Balaban J connectivity index is 1.58. The molecule has 2 saturated heterocycles. The summed E-state index contributed by atoms with van der Waals surface area (Å²) in [6, 6.07) is 4.51. The molecular formula is C16H26N4O. The largest absolute Gasteiger partial charge is 0.390 e. The fourth-order valence-corrected chi connectivity index (χ4v) is 3.44. The predicted octanol–water partition coefficient (Wildman–Crippen LogP) is 0.788. The van der Waals surface area contributed by atoms with Crippen LogP contribution in [0.15, 0.2) is 18.3 Å². The van der Waals surface area contributed by atoms with Crippen molar-refractivity contribution < 1.29 is 5.11 Å². The fourth-order valence-electron chi connectivity index (χ4n) is 3.44. The third-order valence-corrected chi connectivity index (χ3v) is 4.62. The van der Waals surface area contributed by atoms with Crippen molar-refractivity contribution in [1.82, 2.24) is 14.8 Å². The van der Waals surface area contributed by atoms with Crippen LogP contribution >= 0.6 is 0 Å². The highest BCUT2D eigenvalue weighted by Crippen LogP contribution is 2.22. The van der Waals surface area contributed by atoms with E-state index < -0.39 is 0 Å². The van der Waals surface area contributed by atoms with E-state index in [0.29, 0.717) is 6.04 Å². The molecule has 2 fully saturated rings. The summed E-state index contributed by atoms with van der Waals surface area (Å²) in [6.07, 6.45) is 4.29. The lowest BCUT2D eigenvalue weighted by Crippen LogP contribution is -2.41. The molecule has 0 bridgehead atoms. The molecule has 116 valence electrons. The van der Waals surface area contributed by atoms with Crippen molar-refractivity contribution in [3.05, 3.63) is 23.9 Å². The Labute approximate surface area is 127 Å². The Morgan fingerprint density at radius 1 is 1.24 bits per heavy atom. The van der Waals surface area contributed by atoms with Crippen molar-refractivity contribution in [3.8, 4) is 0 Å². The number of hydrogen-bond acceptors (Lipinski definition) is 5. The minimum Gasteiger partial charge on any atom is -0.390 e. The van der Waals surface area contributed by atoms with E-state index >= 15 is 0 Å². The van der Waals surface area contributed by atoms with Gasteiger partial charge >= 0.3 is 0 Å². The molecule has 21 heavy (non-hydrogen) atoms. The van der Waals surface area contributed by atoms with Crippen molar-refractivity contribution in [1.29, 1.82) is 0 Å². The minimum absolute atomic E-state index is 0.211. The first-order chi connectivity index (χ1) is 10.1. The van der Waals surface area contributed by atoms with Gasteiger partial charge in [0, 0.05) is 46.0 Å².